The molecule has 7 nitrogen and oxygen atoms in total. The molecule has 2 aliphatic heterocycles. The highest BCUT2D eigenvalue weighted by Gasteiger charge is 2.33. The number of fused-ring (bicyclic) bond motifs is 2. The highest BCUT2D eigenvalue weighted by molar-refractivity contribution is 8.30. The van der Waals surface area contributed by atoms with Gasteiger partial charge in [0, 0.05) is 63.5 Å². The number of anilines is 2. The van der Waals surface area contributed by atoms with Gasteiger partial charge in [-0.15, -0.1) is 56.7 Å². The van der Waals surface area contributed by atoms with E-state index in [4.69, 9.17) is 12.2 Å². The van der Waals surface area contributed by atoms with Gasteiger partial charge in [-0.25, -0.2) is 0 Å². The van der Waals surface area contributed by atoms with Gasteiger partial charge in [0.1, 0.15) is 20.4 Å². The fourth-order valence-corrected chi connectivity index (χ4v) is 19.4. The molecule has 1 amide bonds. The Morgan fingerprint density at radius 2 is 1.05 bits per heavy atom. The standard InChI is InChI=1S/C67H81N3O4S7/c1-7-13-17-21-28-46-38-55(76-54(46)42-58-64(73)70(43-59(71)72)66(80-58)63-65(74)69(12-6)67(75)81-63)60-49(30-23-19-15-9-3)40-57(78-60)62-50(31-24-20-16-10-4)41-56(79-62)61-48(29-22-18-14-8-2)39-53(77-61)47-35-36-52-45(37-47)34-33-44-27-25-26-32-51(44)68(52)11-5/h25-27,32,35-42H,7-24,28-31,33-34,43H2,1-6H3,(H,71,72)/b58-42-,66-63+. The molecule has 2 aliphatic rings. The van der Waals surface area contributed by atoms with Gasteiger partial charge in [-0.3, -0.25) is 23.9 Å². The van der Waals surface area contributed by atoms with Gasteiger partial charge in [-0.1, -0.05) is 153 Å². The number of thiophene rings is 4. The van der Waals surface area contributed by atoms with Crippen molar-refractivity contribution in [2.24, 2.45) is 0 Å². The van der Waals surface area contributed by atoms with Crippen molar-refractivity contribution in [3.8, 4) is 39.7 Å². The van der Waals surface area contributed by atoms with Gasteiger partial charge in [-0.2, -0.15) is 0 Å². The van der Waals surface area contributed by atoms with Gasteiger partial charge in [0.25, 0.3) is 11.5 Å². The molecule has 7 aromatic rings. The fourth-order valence-electron chi connectivity index (χ4n) is 11.5. The van der Waals surface area contributed by atoms with Crippen molar-refractivity contribution >= 4 is 119 Å². The second-order valence-corrected chi connectivity index (χ2v) is 28.7. The zero-order valence-electron chi connectivity index (χ0n) is 48.5. The lowest BCUT2D eigenvalue weighted by Crippen LogP contribution is -2.35. The van der Waals surface area contributed by atoms with Crippen LogP contribution in [0.3, 0.4) is 0 Å². The topological polar surface area (TPSA) is 82.8 Å². The number of unbranched alkanes of at least 4 members (excludes halogenated alkanes) is 12. The number of carboxylic acids is 1. The summed E-state index contributed by atoms with van der Waals surface area (Å²) in [6.07, 6.45) is 27.1. The van der Waals surface area contributed by atoms with Crippen LogP contribution in [0.1, 0.15) is 183 Å². The molecule has 0 saturated carbocycles. The molecule has 0 radical (unpaired) electrons. The quantitative estimate of drug-likeness (QED) is 0.0369. The molecule has 1 saturated heterocycles. The van der Waals surface area contributed by atoms with Crippen LogP contribution in [0, 0.1) is 0 Å². The highest BCUT2D eigenvalue weighted by Crippen LogP contribution is 2.51. The number of aliphatic carboxylic acids is 1. The maximum atomic E-state index is 14.3. The average Bonchev–Trinajstić information content (AvgIpc) is 4.45. The molecule has 0 unspecified atom stereocenters. The first kappa shape index (κ1) is 61.2. The Labute approximate surface area is 510 Å². The first-order valence-electron chi connectivity index (χ1n) is 30.2. The largest absolute Gasteiger partial charge is 0.480 e. The van der Waals surface area contributed by atoms with Crippen LogP contribution in [0.4, 0.5) is 11.4 Å². The van der Waals surface area contributed by atoms with Crippen LogP contribution in [0.15, 0.2) is 71.5 Å². The number of carboxylic acid groups (broad SMARTS) is 1. The minimum atomic E-state index is -1.13. The molecule has 0 bridgehead atoms. The average molecular weight is 1220 g/mol. The Morgan fingerprint density at radius 1 is 0.556 bits per heavy atom. The number of rotatable bonds is 29. The van der Waals surface area contributed by atoms with Gasteiger partial charge < -0.3 is 10.0 Å². The number of amides is 1. The second-order valence-electron chi connectivity index (χ2n) is 21.8. The van der Waals surface area contributed by atoms with Crippen molar-refractivity contribution < 1.29 is 14.7 Å². The molecule has 2 aromatic carbocycles. The summed E-state index contributed by atoms with van der Waals surface area (Å²) in [6.45, 7) is 14.1. The Balaban J connectivity index is 1.15. The van der Waals surface area contributed by atoms with Crippen LogP contribution < -0.4 is 19.7 Å². The van der Waals surface area contributed by atoms with Crippen molar-refractivity contribution in [2.45, 2.75) is 189 Å². The van der Waals surface area contributed by atoms with Crippen molar-refractivity contribution in [1.82, 2.24) is 9.47 Å². The molecule has 1 fully saturated rings. The molecule has 5 aromatic heterocycles. The number of thiocarbonyl (C=S) groups is 1. The summed E-state index contributed by atoms with van der Waals surface area (Å²) in [5.41, 5.74) is 12.0. The van der Waals surface area contributed by atoms with E-state index in [9.17, 15) is 19.5 Å². The summed E-state index contributed by atoms with van der Waals surface area (Å²) in [6, 6.07) is 26.3. The minimum absolute atomic E-state index is 0.282. The van der Waals surface area contributed by atoms with Crippen molar-refractivity contribution in [3.63, 3.8) is 0 Å². The van der Waals surface area contributed by atoms with Crippen molar-refractivity contribution in [3.05, 3.63) is 125 Å². The Morgan fingerprint density at radius 3 is 1.59 bits per heavy atom. The van der Waals surface area contributed by atoms with E-state index in [0.29, 0.717) is 25.0 Å². The lowest BCUT2D eigenvalue weighted by molar-refractivity contribution is -0.137. The first-order valence-corrected chi connectivity index (χ1v) is 35.5. The van der Waals surface area contributed by atoms with E-state index in [0.717, 1.165) is 87.4 Å². The van der Waals surface area contributed by atoms with Crippen molar-refractivity contribution in [1.29, 1.82) is 0 Å². The number of aromatic nitrogens is 1. The molecule has 7 heterocycles. The number of thiazole rings is 1. The molecule has 1 N–H and O–H groups in total. The molecule has 0 aliphatic carbocycles. The molecule has 14 heteroatoms. The predicted molar refractivity (Wildman–Crippen MR) is 358 cm³/mol. The van der Waals surface area contributed by atoms with E-state index in [2.05, 4.69) is 106 Å². The zero-order valence-corrected chi connectivity index (χ0v) is 54.2. The predicted octanol–water partition coefficient (Wildman–Crippen LogP) is 18.5. The van der Waals surface area contributed by atoms with Crippen molar-refractivity contribution in [2.75, 3.05) is 18.0 Å². The van der Waals surface area contributed by atoms with Crippen LogP contribution in [-0.4, -0.2) is 43.9 Å². The van der Waals surface area contributed by atoms with Crippen LogP contribution in [0.5, 0.6) is 0 Å². The summed E-state index contributed by atoms with van der Waals surface area (Å²) in [7, 11) is 0. The first-order chi connectivity index (χ1) is 39.5. The molecule has 81 heavy (non-hydrogen) atoms. The van der Waals surface area contributed by atoms with Crippen LogP contribution in [-0.2, 0) is 54.7 Å². The number of nitrogens with zero attached hydrogens (tertiary/aromatic N) is 3. The monoisotopic (exact) mass is 1220 g/mol. The Hall–Kier alpha value is -4.41. The molecular formula is C67H81N3O4S7. The summed E-state index contributed by atoms with van der Waals surface area (Å²) < 4.78 is 2.46. The molecular weight excluding hydrogens is 1140 g/mol. The number of aryl methyl sites for hydroxylation is 6. The lowest BCUT2D eigenvalue weighted by atomic mass is 10.0. The smallest absolute Gasteiger partial charge is 0.323 e. The SMILES string of the molecule is CCCCCCc1cc(-c2sc(-c3sc(-c4sc(-c5ccc6c(c5)CCc5ccccc5N6CC)cc4CCCCCC)cc3CCCCCC)cc2CCCCCC)sc1/C=c1\s/c(=C2/SC(=S)N(CC)C2=O)n(CC(=O)O)c1=O. The number of benzene rings is 2. The Bertz CT molecular complexity index is 3510. The van der Waals surface area contributed by atoms with E-state index < -0.39 is 18.1 Å². The van der Waals surface area contributed by atoms with Crippen LogP contribution in [0.25, 0.3) is 50.7 Å². The number of thioether (sulfide) groups is 1. The van der Waals surface area contributed by atoms with Gasteiger partial charge in [0.15, 0.2) is 0 Å². The molecule has 0 atom stereocenters. The summed E-state index contributed by atoms with van der Waals surface area (Å²) in [5.74, 6) is -1.42. The summed E-state index contributed by atoms with van der Waals surface area (Å²) >= 11 is 15.6. The van der Waals surface area contributed by atoms with Gasteiger partial charge in [-0.05, 0) is 166 Å². The maximum Gasteiger partial charge on any atom is 0.323 e. The third-order valence-corrected chi connectivity index (χ3v) is 23.8. The number of hydrogen-bond acceptors (Lipinski definition) is 11. The third kappa shape index (κ3) is 14.4. The van der Waals surface area contributed by atoms with Gasteiger partial charge in [0.2, 0.25) is 0 Å². The fraction of sp³-hybridized carbons (Fsp3) is 0.463. The zero-order chi connectivity index (χ0) is 57.0. The van der Waals surface area contributed by atoms with E-state index >= 15 is 0 Å². The van der Waals surface area contributed by atoms with Gasteiger partial charge >= 0.3 is 5.97 Å². The normalized spacial score (nSPS) is 14.4. The van der Waals surface area contributed by atoms with E-state index in [1.807, 2.05) is 47.0 Å². The van der Waals surface area contributed by atoms with Gasteiger partial charge in [0.05, 0.1) is 4.53 Å². The van der Waals surface area contributed by atoms with Crippen LogP contribution in [0.2, 0.25) is 0 Å². The highest BCUT2D eigenvalue weighted by atomic mass is 32.2. The van der Waals surface area contributed by atoms with Crippen LogP contribution >= 0.6 is 80.7 Å². The molecule has 430 valence electrons. The van der Waals surface area contributed by atoms with E-state index in [1.54, 1.807) is 11.3 Å². The second kappa shape index (κ2) is 29.4. The number of carbonyl (C=O) groups excluding carboxylic acids is 1. The number of hydrogen-bond donors (Lipinski definition) is 1. The molecule has 0 spiro atoms. The summed E-state index contributed by atoms with van der Waals surface area (Å²) in [5, 5.41) is 10.0. The van der Waals surface area contributed by atoms with E-state index in [-0.39, 0.29) is 5.91 Å². The van der Waals surface area contributed by atoms with E-state index in [1.165, 1.54) is 182 Å². The molecule has 9 rings (SSSR count). The number of carbonyl (C=O) groups is 2. The number of para-hydroxylation sites is 1. The summed E-state index contributed by atoms with van der Waals surface area (Å²) in [4.78, 5) is 55.1. The third-order valence-electron chi connectivity index (χ3n) is 15.9. The Kier molecular flexibility index (Phi) is 22.2. The minimum Gasteiger partial charge on any atom is -0.480 e. The lowest BCUT2D eigenvalue weighted by Gasteiger charge is -2.25. The maximum absolute atomic E-state index is 14.3.